The lowest BCUT2D eigenvalue weighted by atomic mass is 10.0. The Morgan fingerprint density at radius 2 is 1.78 bits per heavy atom. The quantitative estimate of drug-likeness (QED) is 0.705. The Hall–Kier alpha value is -2.77. The summed E-state index contributed by atoms with van der Waals surface area (Å²) >= 11 is 0. The van der Waals surface area contributed by atoms with Crippen LogP contribution in [0.15, 0.2) is 54.6 Å². The van der Waals surface area contributed by atoms with Crippen molar-refractivity contribution in [1.29, 1.82) is 0 Å². The van der Waals surface area contributed by atoms with E-state index in [1.807, 2.05) is 44.2 Å². The monoisotopic (exact) mass is 383 g/mol. The number of nitrogens with zero attached hydrogens (tertiary/aromatic N) is 1. The lowest BCUT2D eigenvalue weighted by Crippen LogP contribution is -2.15. The summed E-state index contributed by atoms with van der Waals surface area (Å²) in [6.45, 7) is 4.06. The number of carbonyl (C=O) groups excluding carboxylic acids is 1. The molecule has 27 heavy (non-hydrogen) atoms. The molecular formula is C20H21N3O3S. The average Bonchev–Trinajstić information content (AvgIpc) is 2.61. The molecule has 1 amide bonds. The first-order chi connectivity index (χ1) is 12.7. The predicted octanol–water partition coefficient (Wildman–Crippen LogP) is 3.40. The van der Waals surface area contributed by atoms with Crippen LogP contribution in [0.2, 0.25) is 0 Å². The number of benzene rings is 2. The zero-order chi connectivity index (χ0) is 19.6. The van der Waals surface area contributed by atoms with Crippen LogP contribution in [0.4, 0.5) is 5.69 Å². The number of hydrogen-bond donors (Lipinski definition) is 2. The van der Waals surface area contributed by atoms with Crippen LogP contribution in [0, 0.1) is 0 Å². The highest BCUT2D eigenvalue weighted by molar-refractivity contribution is 7.88. The SMILES string of the molecule is CC(C)c1cc(C(=O)Nc2ccc(CS(N)(=O)=O)cc2)c2ccccc2n1. The molecule has 0 saturated heterocycles. The van der Waals surface area contributed by atoms with Crippen LogP contribution < -0.4 is 10.5 Å². The fourth-order valence-corrected chi connectivity index (χ4v) is 3.45. The second-order valence-electron chi connectivity index (χ2n) is 6.72. The largest absolute Gasteiger partial charge is 0.322 e. The number of rotatable bonds is 5. The fourth-order valence-electron chi connectivity index (χ4n) is 2.79. The molecule has 0 aliphatic carbocycles. The first-order valence-corrected chi connectivity index (χ1v) is 10.2. The number of para-hydroxylation sites is 1. The number of sulfonamides is 1. The first-order valence-electron chi connectivity index (χ1n) is 8.53. The first kappa shape index (κ1) is 19.0. The van der Waals surface area contributed by atoms with Gasteiger partial charge in [0.25, 0.3) is 5.91 Å². The Labute approximate surface area is 158 Å². The Balaban J connectivity index is 1.90. The molecule has 0 spiro atoms. The number of carbonyl (C=O) groups is 1. The number of hydrogen-bond acceptors (Lipinski definition) is 4. The number of amides is 1. The van der Waals surface area contributed by atoms with E-state index >= 15 is 0 Å². The summed E-state index contributed by atoms with van der Waals surface area (Å²) in [6, 6.07) is 15.9. The Kier molecular flexibility index (Phi) is 5.25. The summed E-state index contributed by atoms with van der Waals surface area (Å²) in [7, 11) is -3.59. The highest BCUT2D eigenvalue weighted by Gasteiger charge is 2.15. The molecule has 0 atom stereocenters. The summed E-state index contributed by atoms with van der Waals surface area (Å²) in [5.74, 6) is -0.290. The van der Waals surface area contributed by atoms with Gasteiger partial charge in [-0.1, -0.05) is 44.2 Å². The Morgan fingerprint density at radius 1 is 1.11 bits per heavy atom. The third-order valence-corrected chi connectivity index (χ3v) is 4.89. The third kappa shape index (κ3) is 4.69. The van der Waals surface area contributed by atoms with E-state index in [-0.39, 0.29) is 17.6 Å². The molecule has 0 bridgehead atoms. The van der Waals surface area contributed by atoms with Crippen LogP contribution in [0.25, 0.3) is 10.9 Å². The number of nitrogens with one attached hydrogen (secondary N) is 1. The molecule has 2 aromatic carbocycles. The van der Waals surface area contributed by atoms with Gasteiger partial charge in [-0.3, -0.25) is 9.78 Å². The van der Waals surface area contributed by atoms with Gasteiger partial charge in [0.1, 0.15) is 0 Å². The molecule has 0 saturated carbocycles. The van der Waals surface area contributed by atoms with E-state index in [1.165, 1.54) is 0 Å². The molecular weight excluding hydrogens is 362 g/mol. The van der Waals surface area contributed by atoms with Crippen molar-refractivity contribution >= 4 is 32.5 Å². The van der Waals surface area contributed by atoms with Gasteiger partial charge in [0.2, 0.25) is 10.0 Å². The van der Waals surface area contributed by atoms with Crippen molar-refractivity contribution in [2.75, 3.05) is 5.32 Å². The number of fused-ring (bicyclic) bond motifs is 1. The lowest BCUT2D eigenvalue weighted by molar-refractivity contribution is 0.102. The number of aromatic nitrogens is 1. The van der Waals surface area contributed by atoms with Gasteiger partial charge in [0.05, 0.1) is 16.8 Å². The zero-order valence-corrected chi connectivity index (χ0v) is 16.0. The highest BCUT2D eigenvalue weighted by Crippen LogP contribution is 2.23. The number of anilines is 1. The highest BCUT2D eigenvalue weighted by atomic mass is 32.2. The van der Waals surface area contributed by atoms with Crippen LogP contribution in [0.3, 0.4) is 0 Å². The van der Waals surface area contributed by atoms with Crippen LogP contribution in [-0.2, 0) is 15.8 Å². The average molecular weight is 383 g/mol. The van der Waals surface area contributed by atoms with Crippen molar-refractivity contribution in [2.45, 2.75) is 25.5 Å². The van der Waals surface area contributed by atoms with Gasteiger partial charge in [-0.25, -0.2) is 13.6 Å². The van der Waals surface area contributed by atoms with Gasteiger partial charge >= 0.3 is 0 Å². The van der Waals surface area contributed by atoms with E-state index in [2.05, 4.69) is 10.3 Å². The molecule has 6 nitrogen and oxygen atoms in total. The van der Waals surface area contributed by atoms with Crippen LogP contribution >= 0.6 is 0 Å². The molecule has 140 valence electrons. The smallest absolute Gasteiger partial charge is 0.256 e. The van der Waals surface area contributed by atoms with Crippen molar-refractivity contribution in [2.24, 2.45) is 5.14 Å². The molecule has 0 aliphatic rings. The Morgan fingerprint density at radius 3 is 2.41 bits per heavy atom. The normalized spacial score (nSPS) is 11.7. The van der Waals surface area contributed by atoms with Gasteiger partial charge in [0.15, 0.2) is 0 Å². The summed E-state index contributed by atoms with van der Waals surface area (Å²) in [4.78, 5) is 17.5. The second-order valence-corrected chi connectivity index (χ2v) is 8.34. The van der Waals surface area contributed by atoms with E-state index in [1.54, 1.807) is 24.3 Å². The maximum Gasteiger partial charge on any atom is 0.256 e. The minimum Gasteiger partial charge on any atom is -0.322 e. The van der Waals surface area contributed by atoms with Gasteiger partial charge < -0.3 is 5.32 Å². The minimum atomic E-state index is -3.59. The third-order valence-electron chi connectivity index (χ3n) is 4.15. The van der Waals surface area contributed by atoms with Crippen molar-refractivity contribution in [3.05, 3.63) is 71.4 Å². The molecule has 0 aliphatic heterocycles. The zero-order valence-electron chi connectivity index (χ0n) is 15.1. The molecule has 7 heteroatoms. The number of nitrogens with two attached hydrogens (primary N) is 1. The van der Waals surface area contributed by atoms with Crippen molar-refractivity contribution in [1.82, 2.24) is 4.98 Å². The fraction of sp³-hybridized carbons (Fsp3) is 0.200. The minimum absolute atomic E-state index is 0.193. The van der Waals surface area contributed by atoms with Crippen molar-refractivity contribution < 1.29 is 13.2 Å². The summed E-state index contributed by atoms with van der Waals surface area (Å²) in [5, 5.41) is 8.69. The van der Waals surface area contributed by atoms with Crippen molar-refractivity contribution in [3.8, 4) is 0 Å². The van der Waals surface area contributed by atoms with Crippen molar-refractivity contribution in [3.63, 3.8) is 0 Å². The maximum absolute atomic E-state index is 12.9. The molecule has 1 aromatic heterocycles. The second kappa shape index (κ2) is 7.46. The topological polar surface area (TPSA) is 102 Å². The van der Waals surface area contributed by atoms with E-state index in [0.717, 1.165) is 16.6 Å². The molecule has 3 rings (SSSR count). The number of primary sulfonamides is 1. The molecule has 1 heterocycles. The standard InChI is InChI=1S/C20H21N3O3S/c1-13(2)19-11-17(16-5-3-4-6-18(16)23-19)20(24)22-15-9-7-14(8-10-15)12-27(21,25)26/h3-11,13H,12H2,1-2H3,(H,22,24)(H2,21,25,26). The molecule has 0 radical (unpaired) electrons. The molecule has 0 fully saturated rings. The van der Waals surface area contributed by atoms with Crippen LogP contribution in [0.1, 0.15) is 41.4 Å². The van der Waals surface area contributed by atoms with Crippen LogP contribution in [-0.4, -0.2) is 19.3 Å². The van der Waals surface area contributed by atoms with Gasteiger partial charge in [0, 0.05) is 16.8 Å². The Bertz CT molecular complexity index is 1090. The number of pyridine rings is 1. The molecule has 0 unspecified atom stereocenters. The van der Waals surface area contributed by atoms with E-state index in [9.17, 15) is 13.2 Å². The van der Waals surface area contributed by atoms with Gasteiger partial charge in [-0.05, 0) is 35.7 Å². The summed E-state index contributed by atoms with van der Waals surface area (Å²) in [5.41, 5.74) is 3.31. The van der Waals surface area contributed by atoms with Gasteiger partial charge in [-0.2, -0.15) is 0 Å². The predicted molar refractivity (Wildman–Crippen MR) is 107 cm³/mol. The maximum atomic E-state index is 12.9. The summed E-state index contributed by atoms with van der Waals surface area (Å²) in [6.07, 6.45) is 0. The van der Waals surface area contributed by atoms with Crippen LogP contribution in [0.5, 0.6) is 0 Å². The van der Waals surface area contributed by atoms with E-state index < -0.39 is 10.0 Å². The van der Waals surface area contributed by atoms with E-state index in [0.29, 0.717) is 16.8 Å². The molecule has 3 aromatic rings. The van der Waals surface area contributed by atoms with E-state index in [4.69, 9.17) is 5.14 Å². The molecule has 3 N–H and O–H groups in total. The lowest BCUT2D eigenvalue weighted by Gasteiger charge is -2.12. The van der Waals surface area contributed by atoms with Gasteiger partial charge in [-0.15, -0.1) is 0 Å². The summed E-state index contributed by atoms with van der Waals surface area (Å²) < 4.78 is 22.3.